The van der Waals surface area contributed by atoms with E-state index in [4.69, 9.17) is 19.6 Å². The molecule has 204 valence electrons. The minimum absolute atomic E-state index is 0.0846. The summed E-state index contributed by atoms with van der Waals surface area (Å²) in [5.41, 5.74) is 1.51. The average molecular weight is 592 g/mol. The highest BCUT2D eigenvalue weighted by molar-refractivity contribution is 9.10. The molecule has 4 rings (SSSR count). The molecule has 1 aliphatic rings. The molecule has 0 fully saturated rings. The van der Waals surface area contributed by atoms with Gasteiger partial charge in [0, 0.05) is 36.0 Å². The van der Waals surface area contributed by atoms with E-state index in [1.165, 1.54) is 0 Å². The Labute approximate surface area is 238 Å². The van der Waals surface area contributed by atoms with Crippen molar-refractivity contribution < 1.29 is 19.4 Å². The lowest BCUT2D eigenvalue weighted by Crippen LogP contribution is -2.48. The smallest absolute Gasteiger partial charge is 0.252 e. The van der Waals surface area contributed by atoms with E-state index in [2.05, 4.69) is 28.2 Å². The molecule has 0 radical (unpaired) electrons. The minimum Gasteiger partial charge on any atom is -0.494 e. The summed E-state index contributed by atoms with van der Waals surface area (Å²) in [6, 6.07) is 25.3. The molecule has 3 aromatic rings. The van der Waals surface area contributed by atoms with Crippen molar-refractivity contribution >= 4 is 33.8 Å². The van der Waals surface area contributed by atoms with Gasteiger partial charge in [-0.3, -0.25) is 4.79 Å². The predicted molar refractivity (Wildman–Crippen MR) is 159 cm³/mol. The first-order valence-electron chi connectivity index (χ1n) is 13.4. The first-order valence-corrected chi connectivity index (χ1v) is 14.2. The first kappa shape index (κ1) is 28.6. The van der Waals surface area contributed by atoms with Crippen LogP contribution in [0.25, 0.3) is 6.08 Å². The SMILES string of the molecule is CCCCNC(=O)[C@]1(C/C=C/c2ccccc2)N=C(c2ccc(OCCCO)cc2)O[C@@H]1c1ccc(Br)cc1. The fourth-order valence-corrected chi connectivity index (χ4v) is 4.69. The molecule has 1 amide bonds. The van der Waals surface area contributed by atoms with Gasteiger partial charge in [-0.05, 0) is 53.9 Å². The number of benzene rings is 3. The Morgan fingerprint density at radius 1 is 1.08 bits per heavy atom. The number of rotatable bonds is 13. The summed E-state index contributed by atoms with van der Waals surface area (Å²) in [6.45, 7) is 3.20. The van der Waals surface area contributed by atoms with E-state index in [1.54, 1.807) is 0 Å². The van der Waals surface area contributed by atoms with E-state index in [0.29, 0.717) is 37.6 Å². The molecule has 7 heteroatoms. The van der Waals surface area contributed by atoms with Gasteiger partial charge in [-0.15, -0.1) is 0 Å². The fourth-order valence-electron chi connectivity index (χ4n) is 4.42. The zero-order valence-corrected chi connectivity index (χ0v) is 23.8. The maximum absolute atomic E-state index is 13.9. The molecule has 0 saturated carbocycles. The molecular formula is C32H35BrN2O4. The molecule has 0 aliphatic carbocycles. The highest BCUT2D eigenvalue weighted by atomic mass is 79.9. The van der Waals surface area contributed by atoms with E-state index in [0.717, 1.165) is 34.0 Å². The Bertz CT molecular complexity index is 1260. The van der Waals surface area contributed by atoms with Gasteiger partial charge in [0.2, 0.25) is 5.90 Å². The van der Waals surface area contributed by atoms with Crippen LogP contribution in [-0.4, -0.2) is 42.2 Å². The number of aliphatic imine (C=N–C) groups is 1. The second kappa shape index (κ2) is 14.1. The summed E-state index contributed by atoms with van der Waals surface area (Å²) in [5.74, 6) is 0.966. The van der Waals surface area contributed by atoms with Crippen molar-refractivity contribution in [2.45, 2.75) is 44.2 Å². The minimum atomic E-state index is -1.18. The van der Waals surface area contributed by atoms with Crippen LogP contribution in [0.4, 0.5) is 0 Å². The van der Waals surface area contributed by atoms with Crippen molar-refractivity contribution in [3.05, 3.63) is 106 Å². The largest absolute Gasteiger partial charge is 0.494 e. The van der Waals surface area contributed by atoms with Gasteiger partial charge in [-0.25, -0.2) is 4.99 Å². The van der Waals surface area contributed by atoms with Gasteiger partial charge < -0.3 is 19.9 Å². The van der Waals surface area contributed by atoms with Crippen LogP contribution in [0, 0.1) is 0 Å². The fraction of sp³-hybridized carbons (Fsp3) is 0.312. The van der Waals surface area contributed by atoms with Crippen molar-refractivity contribution in [1.82, 2.24) is 5.32 Å². The Hall–Kier alpha value is -3.42. The van der Waals surface area contributed by atoms with E-state index >= 15 is 0 Å². The maximum Gasteiger partial charge on any atom is 0.252 e. The molecule has 2 N–H and O–H groups in total. The molecule has 3 aromatic carbocycles. The Balaban J connectivity index is 1.71. The van der Waals surface area contributed by atoms with Crippen LogP contribution in [0.2, 0.25) is 0 Å². The number of carbonyl (C=O) groups excluding carboxylic acids is 1. The molecule has 1 aliphatic heterocycles. The molecular weight excluding hydrogens is 556 g/mol. The molecule has 39 heavy (non-hydrogen) atoms. The summed E-state index contributed by atoms with van der Waals surface area (Å²) >= 11 is 3.51. The van der Waals surface area contributed by atoms with Crippen molar-refractivity contribution in [3.8, 4) is 5.75 Å². The number of hydrogen-bond acceptors (Lipinski definition) is 5. The maximum atomic E-state index is 13.9. The van der Waals surface area contributed by atoms with Crippen molar-refractivity contribution in [2.24, 2.45) is 4.99 Å². The molecule has 0 saturated heterocycles. The highest BCUT2D eigenvalue weighted by Crippen LogP contribution is 2.43. The van der Waals surface area contributed by atoms with Crippen LogP contribution in [0.3, 0.4) is 0 Å². The number of halogens is 1. The normalized spacial score (nSPS) is 18.5. The number of unbranched alkanes of at least 4 members (excludes halogenated alkanes) is 1. The molecule has 0 unspecified atom stereocenters. The van der Waals surface area contributed by atoms with Crippen LogP contribution in [0.15, 0.2) is 94.4 Å². The monoisotopic (exact) mass is 590 g/mol. The summed E-state index contributed by atoms with van der Waals surface area (Å²) in [6.07, 6.45) is 6.23. The summed E-state index contributed by atoms with van der Waals surface area (Å²) in [5, 5.41) is 12.1. The molecule has 0 aromatic heterocycles. The third kappa shape index (κ3) is 7.37. The number of ether oxygens (including phenoxy) is 2. The number of amides is 1. The van der Waals surface area contributed by atoms with E-state index in [9.17, 15) is 4.79 Å². The number of aliphatic hydroxyl groups is 1. The van der Waals surface area contributed by atoms with Gasteiger partial charge in [-0.1, -0.05) is 83.9 Å². The van der Waals surface area contributed by atoms with Gasteiger partial charge in [0.15, 0.2) is 11.6 Å². The zero-order chi connectivity index (χ0) is 27.5. The molecule has 2 atom stereocenters. The Morgan fingerprint density at radius 2 is 1.82 bits per heavy atom. The van der Waals surface area contributed by atoms with Gasteiger partial charge in [0.1, 0.15) is 5.75 Å². The highest BCUT2D eigenvalue weighted by Gasteiger charge is 2.52. The van der Waals surface area contributed by atoms with Crippen LogP contribution >= 0.6 is 15.9 Å². The third-order valence-electron chi connectivity index (χ3n) is 6.56. The van der Waals surface area contributed by atoms with Crippen LogP contribution < -0.4 is 10.1 Å². The van der Waals surface area contributed by atoms with Crippen LogP contribution in [-0.2, 0) is 9.53 Å². The summed E-state index contributed by atoms with van der Waals surface area (Å²) in [4.78, 5) is 19.0. The second-order valence-electron chi connectivity index (χ2n) is 9.47. The summed E-state index contributed by atoms with van der Waals surface area (Å²) < 4.78 is 13.1. The Morgan fingerprint density at radius 3 is 2.51 bits per heavy atom. The van der Waals surface area contributed by atoms with Gasteiger partial charge >= 0.3 is 0 Å². The first-order chi connectivity index (χ1) is 19.1. The molecule has 1 heterocycles. The van der Waals surface area contributed by atoms with E-state index in [1.807, 2.05) is 91.0 Å². The van der Waals surface area contributed by atoms with Gasteiger partial charge in [0.25, 0.3) is 5.91 Å². The Kier molecular flexibility index (Phi) is 10.3. The van der Waals surface area contributed by atoms with Gasteiger partial charge in [-0.2, -0.15) is 0 Å². The standard InChI is InChI=1S/C32H35BrN2O4/c1-2-3-21-34-31(37)32(20-7-11-24-9-5-4-6-10-24)29(25-12-16-27(33)17-13-25)39-30(35-32)26-14-18-28(19-15-26)38-23-8-22-36/h4-7,9-19,29,36H,2-3,8,20-23H2,1H3,(H,34,37)/b11-7+/t29-,32-/m1/s1. The number of hydrogen-bond donors (Lipinski definition) is 2. The lowest BCUT2D eigenvalue weighted by Gasteiger charge is -2.30. The quantitative estimate of drug-likeness (QED) is 0.223. The van der Waals surface area contributed by atoms with E-state index in [-0.39, 0.29) is 12.5 Å². The van der Waals surface area contributed by atoms with Crippen LogP contribution in [0.5, 0.6) is 5.75 Å². The number of aliphatic hydroxyl groups excluding tert-OH is 1. The molecule has 6 nitrogen and oxygen atoms in total. The number of nitrogens with zero attached hydrogens (tertiary/aromatic N) is 1. The number of carbonyl (C=O) groups is 1. The topological polar surface area (TPSA) is 80.2 Å². The van der Waals surface area contributed by atoms with Crippen molar-refractivity contribution in [3.63, 3.8) is 0 Å². The second-order valence-corrected chi connectivity index (χ2v) is 10.4. The lowest BCUT2D eigenvalue weighted by atomic mass is 9.84. The third-order valence-corrected chi connectivity index (χ3v) is 7.09. The van der Waals surface area contributed by atoms with Crippen molar-refractivity contribution in [2.75, 3.05) is 19.8 Å². The summed E-state index contributed by atoms with van der Waals surface area (Å²) in [7, 11) is 0. The van der Waals surface area contributed by atoms with Gasteiger partial charge in [0.05, 0.1) is 6.61 Å². The zero-order valence-electron chi connectivity index (χ0n) is 22.2. The lowest BCUT2D eigenvalue weighted by molar-refractivity contribution is -0.128. The molecule has 0 bridgehead atoms. The predicted octanol–water partition coefficient (Wildman–Crippen LogP) is 6.49. The van der Waals surface area contributed by atoms with Crippen molar-refractivity contribution in [1.29, 1.82) is 0 Å². The van der Waals surface area contributed by atoms with Crippen LogP contribution in [0.1, 0.15) is 55.4 Å². The number of nitrogens with one attached hydrogen (secondary N) is 1. The molecule has 0 spiro atoms. The van der Waals surface area contributed by atoms with E-state index < -0.39 is 11.6 Å². The average Bonchev–Trinajstić information content (AvgIpc) is 3.35.